The van der Waals surface area contributed by atoms with E-state index in [1.807, 2.05) is 19.1 Å². The van der Waals surface area contributed by atoms with Crippen LogP contribution in [-0.2, 0) is 0 Å². The van der Waals surface area contributed by atoms with E-state index < -0.39 is 5.56 Å². The summed E-state index contributed by atoms with van der Waals surface area (Å²) in [6.45, 7) is 1.94. The number of nitrogens with one attached hydrogen (secondary N) is 2. The average Bonchev–Trinajstić information content (AvgIpc) is 2.61. The van der Waals surface area contributed by atoms with E-state index in [4.69, 9.17) is 9.47 Å². The van der Waals surface area contributed by atoms with Crippen LogP contribution >= 0.6 is 0 Å². The summed E-state index contributed by atoms with van der Waals surface area (Å²) in [5, 5.41) is 2.94. The van der Waals surface area contributed by atoms with Gasteiger partial charge in [0.05, 0.1) is 25.1 Å². The van der Waals surface area contributed by atoms with Crippen LogP contribution in [0.3, 0.4) is 0 Å². The van der Waals surface area contributed by atoms with Crippen LogP contribution in [0.15, 0.2) is 41.2 Å². The van der Waals surface area contributed by atoms with Crippen molar-refractivity contribution in [1.82, 2.24) is 9.97 Å². The zero-order valence-corrected chi connectivity index (χ0v) is 14.0. The van der Waals surface area contributed by atoms with Crippen molar-refractivity contribution in [3.8, 4) is 11.5 Å². The lowest BCUT2D eigenvalue weighted by atomic mass is 10.1. The number of ether oxygens (including phenoxy) is 2. The topological polar surface area (TPSA) is 93.3 Å². The monoisotopic (exact) mass is 339 g/mol. The quantitative estimate of drug-likeness (QED) is 0.762. The van der Waals surface area contributed by atoms with Crippen LogP contribution in [0.4, 0.5) is 5.95 Å². The molecule has 0 saturated heterocycles. The SMILES string of the molecule is COc1cc2[nH]c(NC(=O)c3ccc(C)cc3)nc(=O)c2cc1OC. The molecule has 0 bridgehead atoms. The zero-order chi connectivity index (χ0) is 18.0. The van der Waals surface area contributed by atoms with Crippen molar-refractivity contribution in [1.29, 1.82) is 0 Å². The summed E-state index contributed by atoms with van der Waals surface area (Å²) in [6.07, 6.45) is 0. The minimum Gasteiger partial charge on any atom is -0.493 e. The Bertz CT molecular complexity index is 994. The predicted molar refractivity (Wildman–Crippen MR) is 94.6 cm³/mol. The molecule has 1 heterocycles. The van der Waals surface area contributed by atoms with Gasteiger partial charge in [-0.1, -0.05) is 17.7 Å². The van der Waals surface area contributed by atoms with E-state index in [1.54, 1.807) is 24.3 Å². The van der Waals surface area contributed by atoms with Crippen molar-refractivity contribution in [2.24, 2.45) is 0 Å². The highest BCUT2D eigenvalue weighted by atomic mass is 16.5. The molecule has 1 amide bonds. The summed E-state index contributed by atoms with van der Waals surface area (Å²) in [4.78, 5) is 31.3. The highest BCUT2D eigenvalue weighted by Crippen LogP contribution is 2.30. The van der Waals surface area contributed by atoms with Gasteiger partial charge in [-0.05, 0) is 25.1 Å². The number of hydrogen-bond donors (Lipinski definition) is 2. The molecule has 128 valence electrons. The van der Waals surface area contributed by atoms with Crippen LogP contribution in [0.1, 0.15) is 15.9 Å². The average molecular weight is 339 g/mol. The number of carbonyl (C=O) groups excluding carboxylic acids is 1. The molecule has 0 aliphatic carbocycles. The Hall–Kier alpha value is -3.35. The molecule has 0 unspecified atom stereocenters. The third kappa shape index (κ3) is 3.30. The number of aromatic amines is 1. The Labute approximate surface area is 143 Å². The van der Waals surface area contributed by atoms with Crippen molar-refractivity contribution in [3.63, 3.8) is 0 Å². The van der Waals surface area contributed by atoms with E-state index in [0.717, 1.165) is 5.56 Å². The van der Waals surface area contributed by atoms with Crippen LogP contribution < -0.4 is 20.3 Å². The molecule has 3 rings (SSSR count). The number of aryl methyl sites for hydroxylation is 1. The maximum Gasteiger partial charge on any atom is 0.282 e. The Morgan fingerprint density at radius 1 is 1.08 bits per heavy atom. The first-order valence-electron chi connectivity index (χ1n) is 7.56. The fraction of sp³-hybridized carbons (Fsp3) is 0.167. The van der Waals surface area contributed by atoms with Crippen molar-refractivity contribution in [2.75, 3.05) is 19.5 Å². The third-order valence-electron chi connectivity index (χ3n) is 3.77. The second-order valence-corrected chi connectivity index (χ2v) is 5.46. The number of anilines is 1. The Balaban J connectivity index is 1.98. The minimum absolute atomic E-state index is 0.0651. The molecule has 3 aromatic rings. The molecule has 0 aliphatic heterocycles. The van der Waals surface area contributed by atoms with Gasteiger partial charge in [-0.3, -0.25) is 14.9 Å². The van der Waals surface area contributed by atoms with Crippen LogP contribution in [0.2, 0.25) is 0 Å². The molecule has 0 radical (unpaired) electrons. The van der Waals surface area contributed by atoms with Gasteiger partial charge in [-0.15, -0.1) is 0 Å². The van der Waals surface area contributed by atoms with Gasteiger partial charge in [-0.25, -0.2) is 0 Å². The molecule has 2 aromatic carbocycles. The van der Waals surface area contributed by atoms with Gasteiger partial charge < -0.3 is 14.5 Å². The lowest BCUT2D eigenvalue weighted by Gasteiger charge is -2.10. The highest BCUT2D eigenvalue weighted by Gasteiger charge is 2.13. The number of amides is 1. The summed E-state index contributed by atoms with van der Waals surface area (Å²) in [5.74, 6) is 0.602. The first-order valence-corrected chi connectivity index (χ1v) is 7.56. The van der Waals surface area contributed by atoms with E-state index in [0.29, 0.717) is 28.0 Å². The molecule has 2 N–H and O–H groups in total. The number of nitrogens with zero attached hydrogens (tertiary/aromatic N) is 1. The number of carbonyl (C=O) groups is 1. The van der Waals surface area contributed by atoms with E-state index in [1.165, 1.54) is 14.2 Å². The molecule has 7 nitrogen and oxygen atoms in total. The number of aromatic nitrogens is 2. The lowest BCUT2D eigenvalue weighted by molar-refractivity contribution is 0.102. The van der Waals surface area contributed by atoms with Crippen LogP contribution in [0.25, 0.3) is 10.9 Å². The van der Waals surface area contributed by atoms with Crippen LogP contribution in [0, 0.1) is 6.92 Å². The maximum absolute atomic E-state index is 12.3. The van der Waals surface area contributed by atoms with Gasteiger partial charge in [0, 0.05) is 11.6 Å². The van der Waals surface area contributed by atoms with Gasteiger partial charge in [0.15, 0.2) is 11.5 Å². The molecule has 1 aromatic heterocycles. The zero-order valence-electron chi connectivity index (χ0n) is 14.0. The van der Waals surface area contributed by atoms with Gasteiger partial charge in [-0.2, -0.15) is 4.98 Å². The molecular formula is C18H17N3O4. The summed E-state index contributed by atoms with van der Waals surface area (Å²) < 4.78 is 10.4. The molecule has 0 aliphatic rings. The summed E-state index contributed by atoms with van der Waals surface area (Å²) in [7, 11) is 2.99. The van der Waals surface area contributed by atoms with Gasteiger partial charge in [0.1, 0.15) is 0 Å². The predicted octanol–water partition coefficient (Wildman–Crippen LogP) is 2.50. The highest BCUT2D eigenvalue weighted by molar-refractivity contribution is 6.03. The summed E-state index contributed by atoms with van der Waals surface area (Å²) >= 11 is 0. The fourth-order valence-electron chi connectivity index (χ4n) is 2.42. The van der Waals surface area contributed by atoms with Crippen LogP contribution in [-0.4, -0.2) is 30.1 Å². The summed E-state index contributed by atoms with van der Waals surface area (Å²) in [5.41, 5.74) is 1.53. The van der Waals surface area contributed by atoms with E-state index in [-0.39, 0.29) is 11.9 Å². The third-order valence-corrected chi connectivity index (χ3v) is 3.77. The molecular weight excluding hydrogens is 322 g/mol. The molecule has 0 atom stereocenters. The molecule has 0 spiro atoms. The van der Waals surface area contributed by atoms with Crippen molar-refractivity contribution >= 4 is 22.8 Å². The second-order valence-electron chi connectivity index (χ2n) is 5.46. The fourth-order valence-corrected chi connectivity index (χ4v) is 2.42. The standard InChI is InChI=1S/C18H17N3O4/c1-10-4-6-11(7-5-10)16(22)20-18-19-13-9-15(25-3)14(24-2)8-12(13)17(23)21-18/h4-9H,1-3H3,(H2,19,20,21,22,23). The number of hydrogen-bond acceptors (Lipinski definition) is 5. The Kier molecular flexibility index (Phi) is 4.38. The smallest absolute Gasteiger partial charge is 0.282 e. The summed E-state index contributed by atoms with van der Waals surface area (Å²) in [6, 6.07) is 10.3. The van der Waals surface area contributed by atoms with E-state index in [2.05, 4.69) is 15.3 Å². The lowest BCUT2D eigenvalue weighted by Crippen LogP contribution is -2.18. The first-order chi connectivity index (χ1) is 12.0. The number of rotatable bonds is 4. The van der Waals surface area contributed by atoms with Crippen molar-refractivity contribution in [3.05, 3.63) is 57.9 Å². The minimum atomic E-state index is -0.478. The van der Waals surface area contributed by atoms with Gasteiger partial charge in [0.2, 0.25) is 5.95 Å². The number of methoxy groups -OCH3 is 2. The molecule has 7 heteroatoms. The molecule has 0 saturated carbocycles. The first kappa shape index (κ1) is 16.5. The largest absolute Gasteiger partial charge is 0.493 e. The Morgan fingerprint density at radius 2 is 1.72 bits per heavy atom. The number of H-pyrrole nitrogens is 1. The van der Waals surface area contributed by atoms with Crippen molar-refractivity contribution < 1.29 is 14.3 Å². The van der Waals surface area contributed by atoms with E-state index >= 15 is 0 Å². The maximum atomic E-state index is 12.3. The number of fused-ring (bicyclic) bond motifs is 1. The van der Waals surface area contributed by atoms with Gasteiger partial charge in [0.25, 0.3) is 11.5 Å². The normalized spacial score (nSPS) is 10.5. The molecule has 0 fully saturated rings. The van der Waals surface area contributed by atoms with Crippen LogP contribution in [0.5, 0.6) is 11.5 Å². The number of benzene rings is 2. The van der Waals surface area contributed by atoms with Gasteiger partial charge >= 0.3 is 0 Å². The second kappa shape index (κ2) is 6.64. The van der Waals surface area contributed by atoms with Crippen molar-refractivity contribution in [2.45, 2.75) is 6.92 Å². The Morgan fingerprint density at radius 3 is 2.36 bits per heavy atom. The molecule has 25 heavy (non-hydrogen) atoms. The van der Waals surface area contributed by atoms with E-state index in [9.17, 15) is 9.59 Å².